The maximum atomic E-state index is 12.1. The van der Waals surface area contributed by atoms with Crippen molar-refractivity contribution < 1.29 is 4.79 Å². The van der Waals surface area contributed by atoms with Crippen LogP contribution in [0.3, 0.4) is 0 Å². The van der Waals surface area contributed by atoms with Gasteiger partial charge in [0, 0.05) is 24.7 Å². The van der Waals surface area contributed by atoms with Crippen LogP contribution in [0.2, 0.25) is 0 Å². The summed E-state index contributed by atoms with van der Waals surface area (Å²) in [5.74, 6) is 0.0946. The van der Waals surface area contributed by atoms with Crippen molar-refractivity contribution in [2.24, 2.45) is 0 Å². The Kier molecular flexibility index (Phi) is 5.40. The molecule has 0 heterocycles. The van der Waals surface area contributed by atoms with E-state index in [9.17, 15) is 4.79 Å². The minimum Gasteiger partial charge on any atom is -0.326 e. The quantitative estimate of drug-likeness (QED) is 0.864. The van der Waals surface area contributed by atoms with Crippen LogP contribution < -0.4 is 10.6 Å². The van der Waals surface area contributed by atoms with Gasteiger partial charge in [-0.3, -0.25) is 4.79 Å². The fraction of sp³-hybridized carbons (Fsp3) is 0.611. The van der Waals surface area contributed by atoms with Gasteiger partial charge in [-0.15, -0.1) is 0 Å². The molecule has 21 heavy (non-hydrogen) atoms. The Hall–Kier alpha value is -1.35. The molecule has 1 fully saturated rings. The molecule has 3 heteroatoms. The standard InChI is InChI=1S/C18H28N2O/c1-18(2,3)15-10-6-7-11-16(15)20-17(21)12-13-19-14-8-4-5-9-14/h6-7,10-11,14,19H,4-5,8-9,12-13H2,1-3H3,(H,20,21). The van der Waals surface area contributed by atoms with E-state index < -0.39 is 0 Å². The molecule has 1 aromatic carbocycles. The van der Waals surface area contributed by atoms with Crippen LogP contribution in [0, 0.1) is 0 Å². The number of rotatable bonds is 5. The number of benzene rings is 1. The summed E-state index contributed by atoms with van der Waals surface area (Å²) in [5.41, 5.74) is 2.16. The van der Waals surface area contributed by atoms with Crippen molar-refractivity contribution in [3.63, 3.8) is 0 Å². The number of carbonyl (C=O) groups is 1. The van der Waals surface area contributed by atoms with Crippen molar-refractivity contribution in [3.05, 3.63) is 29.8 Å². The van der Waals surface area contributed by atoms with Gasteiger partial charge in [-0.1, -0.05) is 51.8 Å². The first-order valence-electron chi connectivity index (χ1n) is 8.09. The van der Waals surface area contributed by atoms with E-state index in [0.717, 1.165) is 12.2 Å². The van der Waals surface area contributed by atoms with Crippen LogP contribution in [-0.4, -0.2) is 18.5 Å². The van der Waals surface area contributed by atoms with Crippen LogP contribution in [0.1, 0.15) is 58.4 Å². The molecule has 0 saturated heterocycles. The molecule has 0 bridgehead atoms. The van der Waals surface area contributed by atoms with Crippen LogP contribution in [0.4, 0.5) is 5.69 Å². The smallest absolute Gasteiger partial charge is 0.225 e. The van der Waals surface area contributed by atoms with E-state index in [2.05, 4.69) is 37.5 Å². The highest BCUT2D eigenvalue weighted by molar-refractivity contribution is 5.91. The van der Waals surface area contributed by atoms with Gasteiger partial charge < -0.3 is 10.6 Å². The molecular weight excluding hydrogens is 260 g/mol. The third kappa shape index (κ3) is 4.85. The molecule has 1 aromatic rings. The molecule has 116 valence electrons. The second-order valence-electron chi connectivity index (χ2n) is 7.03. The molecule has 0 atom stereocenters. The summed E-state index contributed by atoms with van der Waals surface area (Å²) in [6.07, 6.45) is 5.70. The predicted molar refractivity (Wildman–Crippen MR) is 88.6 cm³/mol. The van der Waals surface area contributed by atoms with Crippen LogP contribution in [0.5, 0.6) is 0 Å². The summed E-state index contributed by atoms with van der Waals surface area (Å²) < 4.78 is 0. The summed E-state index contributed by atoms with van der Waals surface area (Å²) in [7, 11) is 0. The molecule has 3 nitrogen and oxygen atoms in total. The Morgan fingerprint density at radius 3 is 2.52 bits per heavy atom. The lowest BCUT2D eigenvalue weighted by Crippen LogP contribution is -2.29. The lowest BCUT2D eigenvalue weighted by atomic mass is 9.86. The van der Waals surface area contributed by atoms with Crippen LogP contribution >= 0.6 is 0 Å². The molecule has 1 aliphatic rings. The van der Waals surface area contributed by atoms with Gasteiger partial charge in [0.05, 0.1) is 0 Å². The molecule has 2 N–H and O–H groups in total. The third-order valence-corrected chi connectivity index (χ3v) is 4.15. The summed E-state index contributed by atoms with van der Waals surface area (Å²) in [4.78, 5) is 12.1. The van der Waals surface area contributed by atoms with E-state index >= 15 is 0 Å². The zero-order valence-corrected chi connectivity index (χ0v) is 13.5. The Bertz CT molecular complexity index is 470. The molecular formula is C18H28N2O. The topological polar surface area (TPSA) is 41.1 Å². The van der Waals surface area contributed by atoms with Gasteiger partial charge in [-0.25, -0.2) is 0 Å². The van der Waals surface area contributed by atoms with Crippen molar-refractivity contribution in [3.8, 4) is 0 Å². The maximum Gasteiger partial charge on any atom is 0.225 e. The van der Waals surface area contributed by atoms with Gasteiger partial charge in [-0.2, -0.15) is 0 Å². The summed E-state index contributed by atoms with van der Waals surface area (Å²) in [6.45, 7) is 7.27. The second-order valence-corrected chi connectivity index (χ2v) is 7.03. The van der Waals surface area contributed by atoms with Crippen molar-refractivity contribution in [2.45, 2.75) is 64.3 Å². The zero-order valence-electron chi connectivity index (χ0n) is 13.5. The molecule has 0 radical (unpaired) electrons. The highest BCUT2D eigenvalue weighted by Crippen LogP contribution is 2.29. The molecule has 2 rings (SSSR count). The van der Waals surface area contributed by atoms with E-state index in [1.54, 1.807) is 0 Å². The minimum absolute atomic E-state index is 0.0337. The summed E-state index contributed by atoms with van der Waals surface area (Å²) in [5, 5.41) is 6.55. The summed E-state index contributed by atoms with van der Waals surface area (Å²) in [6, 6.07) is 8.70. The van der Waals surface area contributed by atoms with Crippen molar-refractivity contribution >= 4 is 11.6 Å². The van der Waals surface area contributed by atoms with E-state index in [1.165, 1.54) is 31.2 Å². The van der Waals surface area contributed by atoms with Gasteiger partial charge >= 0.3 is 0 Å². The number of amides is 1. The van der Waals surface area contributed by atoms with Gasteiger partial charge in [0.15, 0.2) is 0 Å². The van der Waals surface area contributed by atoms with Crippen LogP contribution in [0.25, 0.3) is 0 Å². The van der Waals surface area contributed by atoms with E-state index in [-0.39, 0.29) is 11.3 Å². The van der Waals surface area contributed by atoms with Crippen molar-refractivity contribution in [1.29, 1.82) is 0 Å². The fourth-order valence-electron chi connectivity index (χ4n) is 2.98. The van der Waals surface area contributed by atoms with E-state index in [1.807, 2.05) is 18.2 Å². The van der Waals surface area contributed by atoms with Gasteiger partial charge in [0.1, 0.15) is 0 Å². The second kappa shape index (κ2) is 7.08. The summed E-state index contributed by atoms with van der Waals surface area (Å²) >= 11 is 0. The molecule has 1 amide bonds. The molecule has 1 aliphatic carbocycles. The highest BCUT2D eigenvalue weighted by Gasteiger charge is 2.19. The lowest BCUT2D eigenvalue weighted by molar-refractivity contribution is -0.116. The molecule has 0 unspecified atom stereocenters. The van der Waals surface area contributed by atoms with Crippen LogP contribution in [0.15, 0.2) is 24.3 Å². The van der Waals surface area contributed by atoms with E-state index in [4.69, 9.17) is 0 Å². The number of carbonyl (C=O) groups excluding carboxylic acids is 1. The highest BCUT2D eigenvalue weighted by atomic mass is 16.1. The number of anilines is 1. The van der Waals surface area contributed by atoms with Gasteiger partial charge in [0.25, 0.3) is 0 Å². The normalized spacial score (nSPS) is 16.1. The number of hydrogen-bond acceptors (Lipinski definition) is 2. The Morgan fingerprint density at radius 2 is 1.86 bits per heavy atom. The molecule has 0 aromatic heterocycles. The Balaban J connectivity index is 1.85. The monoisotopic (exact) mass is 288 g/mol. The lowest BCUT2D eigenvalue weighted by Gasteiger charge is -2.23. The average Bonchev–Trinajstić information content (AvgIpc) is 2.91. The first kappa shape index (κ1) is 16.0. The van der Waals surface area contributed by atoms with E-state index in [0.29, 0.717) is 12.5 Å². The molecule has 1 saturated carbocycles. The van der Waals surface area contributed by atoms with Crippen molar-refractivity contribution in [2.75, 3.05) is 11.9 Å². The fourth-order valence-corrected chi connectivity index (χ4v) is 2.98. The maximum absolute atomic E-state index is 12.1. The number of nitrogens with one attached hydrogen (secondary N) is 2. The number of para-hydroxylation sites is 1. The largest absolute Gasteiger partial charge is 0.326 e. The minimum atomic E-state index is 0.0337. The molecule has 0 spiro atoms. The zero-order chi connectivity index (χ0) is 15.3. The van der Waals surface area contributed by atoms with Crippen LogP contribution in [-0.2, 0) is 10.2 Å². The first-order valence-corrected chi connectivity index (χ1v) is 8.09. The molecule has 0 aliphatic heterocycles. The van der Waals surface area contributed by atoms with Gasteiger partial charge in [0.2, 0.25) is 5.91 Å². The Morgan fingerprint density at radius 1 is 1.19 bits per heavy atom. The van der Waals surface area contributed by atoms with Gasteiger partial charge in [-0.05, 0) is 29.9 Å². The Labute approximate surface area is 128 Å². The third-order valence-electron chi connectivity index (χ3n) is 4.15. The number of hydrogen-bond donors (Lipinski definition) is 2. The predicted octanol–water partition coefficient (Wildman–Crippen LogP) is 3.84. The van der Waals surface area contributed by atoms with Crippen molar-refractivity contribution in [1.82, 2.24) is 5.32 Å². The average molecular weight is 288 g/mol. The SMILES string of the molecule is CC(C)(C)c1ccccc1NC(=O)CCNC1CCCC1. The first-order chi connectivity index (χ1) is 9.97.